The van der Waals surface area contributed by atoms with E-state index in [4.69, 9.17) is 5.73 Å². The summed E-state index contributed by atoms with van der Waals surface area (Å²) in [4.78, 5) is 44.6. The number of rotatable bonds is 3. The number of benzene rings is 2. The van der Waals surface area contributed by atoms with Gasteiger partial charge in [0.05, 0.1) is 21.1 Å². The molecule has 0 saturated heterocycles. The Hall–Kier alpha value is -3.42. The van der Waals surface area contributed by atoms with Crippen molar-refractivity contribution in [3.05, 3.63) is 66.7 Å². The molecule has 14 heteroatoms. The number of nitrogens with two attached hydrogens (primary N) is 1. The van der Waals surface area contributed by atoms with Crippen molar-refractivity contribution >= 4 is 51.2 Å². The number of hydrogen-bond donors (Lipinski definition) is 2. The molecular formula is C14H8ClN3O9S. The van der Waals surface area contributed by atoms with E-state index in [1.807, 2.05) is 0 Å². The Morgan fingerprint density at radius 2 is 1.50 bits per heavy atom. The average Bonchev–Trinajstić information content (AvgIpc) is 2.57. The van der Waals surface area contributed by atoms with Gasteiger partial charge in [0.25, 0.3) is 21.5 Å². The third-order valence-corrected chi connectivity index (χ3v) is 4.83. The van der Waals surface area contributed by atoms with Gasteiger partial charge < -0.3 is 5.73 Å². The standard InChI is InChI=1S/C14H7N3O9S.ClH/c15-12-9(27(24,25)26)4-8(17(22)23)10-11(12)13(18)6-2-1-5(16(20)21)3-7(6)14(10)19;/h1-4H,15H2,(H,24,25,26);1H. The summed E-state index contributed by atoms with van der Waals surface area (Å²) in [6.45, 7) is 0. The predicted molar refractivity (Wildman–Crippen MR) is 94.5 cm³/mol. The molecule has 3 rings (SSSR count). The molecule has 0 radical (unpaired) electrons. The lowest BCUT2D eigenvalue weighted by Crippen LogP contribution is -2.25. The number of nitro benzene ring substituents is 2. The number of carbonyl (C=O) groups excluding carboxylic acids is 2. The molecule has 0 saturated carbocycles. The number of fused-ring (bicyclic) bond motifs is 2. The zero-order valence-electron chi connectivity index (χ0n) is 13.3. The number of ketones is 2. The van der Waals surface area contributed by atoms with Crippen molar-refractivity contribution in [1.29, 1.82) is 0 Å². The number of nitrogen functional groups attached to an aromatic ring is 1. The first-order valence-corrected chi connectivity index (χ1v) is 8.35. The average molecular weight is 430 g/mol. The van der Waals surface area contributed by atoms with Gasteiger partial charge in [0.2, 0.25) is 5.78 Å². The second-order valence-corrected chi connectivity index (χ2v) is 6.82. The normalized spacial score (nSPS) is 12.6. The van der Waals surface area contributed by atoms with Crippen molar-refractivity contribution in [1.82, 2.24) is 0 Å². The highest BCUT2D eigenvalue weighted by Gasteiger charge is 2.40. The van der Waals surface area contributed by atoms with Crippen molar-refractivity contribution in [2.45, 2.75) is 4.90 Å². The number of carbonyl (C=O) groups is 2. The molecule has 0 aliphatic heterocycles. The quantitative estimate of drug-likeness (QED) is 0.266. The molecule has 0 spiro atoms. The Bertz CT molecular complexity index is 1210. The van der Waals surface area contributed by atoms with Crippen molar-refractivity contribution in [2.75, 3.05) is 5.73 Å². The number of halogens is 1. The van der Waals surface area contributed by atoms with Gasteiger partial charge in [-0.2, -0.15) is 8.42 Å². The van der Waals surface area contributed by atoms with Crippen LogP contribution in [0.2, 0.25) is 0 Å². The van der Waals surface area contributed by atoms with Crippen LogP contribution >= 0.6 is 12.4 Å². The van der Waals surface area contributed by atoms with Crippen LogP contribution in [0.5, 0.6) is 0 Å². The molecule has 12 nitrogen and oxygen atoms in total. The molecule has 2 aromatic rings. The summed E-state index contributed by atoms with van der Waals surface area (Å²) in [7, 11) is -5.04. The van der Waals surface area contributed by atoms with E-state index in [0.29, 0.717) is 6.07 Å². The summed E-state index contributed by atoms with van der Waals surface area (Å²) in [6, 6.07) is 3.04. The molecule has 146 valence electrons. The molecule has 0 bridgehead atoms. The molecule has 0 unspecified atom stereocenters. The van der Waals surface area contributed by atoms with Crippen molar-refractivity contribution in [2.24, 2.45) is 0 Å². The second-order valence-electron chi connectivity index (χ2n) is 5.43. The smallest absolute Gasteiger partial charge is 0.296 e. The lowest BCUT2D eigenvalue weighted by Gasteiger charge is -2.19. The number of non-ortho nitro benzene ring substituents is 1. The summed E-state index contributed by atoms with van der Waals surface area (Å²) < 4.78 is 32.1. The zero-order valence-corrected chi connectivity index (χ0v) is 14.9. The van der Waals surface area contributed by atoms with Gasteiger partial charge in [-0.15, -0.1) is 12.4 Å². The summed E-state index contributed by atoms with van der Waals surface area (Å²) in [5.41, 5.74) is 0.806. The Labute approximate surface area is 161 Å². The van der Waals surface area contributed by atoms with Crippen molar-refractivity contribution < 1.29 is 32.4 Å². The zero-order chi connectivity index (χ0) is 20.3. The number of nitro groups is 2. The van der Waals surface area contributed by atoms with E-state index in [1.165, 1.54) is 0 Å². The van der Waals surface area contributed by atoms with Gasteiger partial charge in [0.15, 0.2) is 5.78 Å². The SMILES string of the molecule is Cl.Nc1c(S(=O)(=O)O)cc([N+](=O)[O-])c2c1C(=O)c1ccc([N+](=O)[O-])cc1C2=O. The molecule has 1 aliphatic carbocycles. The Morgan fingerprint density at radius 1 is 0.929 bits per heavy atom. The largest absolute Gasteiger partial charge is 0.397 e. The van der Waals surface area contributed by atoms with Gasteiger partial charge >= 0.3 is 0 Å². The highest BCUT2D eigenvalue weighted by molar-refractivity contribution is 7.86. The van der Waals surface area contributed by atoms with Crippen LogP contribution in [0.15, 0.2) is 29.2 Å². The number of nitrogens with zero attached hydrogens (tertiary/aromatic N) is 2. The molecule has 0 aromatic heterocycles. The Kier molecular flexibility index (Phi) is 4.95. The molecule has 0 amide bonds. The van der Waals surface area contributed by atoms with Crippen molar-refractivity contribution in [3.63, 3.8) is 0 Å². The lowest BCUT2D eigenvalue weighted by molar-refractivity contribution is -0.385. The minimum absolute atomic E-state index is 0. The van der Waals surface area contributed by atoms with Crippen LogP contribution in [0.3, 0.4) is 0 Å². The second kappa shape index (κ2) is 6.63. The summed E-state index contributed by atoms with van der Waals surface area (Å²) >= 11 is 0. The van der Waals surface area contributed by atoms with Gasteiger partial charge in [-0.25, -0.2) is 0 Å². The Balaban J connectivity index is 0.00000280. The van der Waals surface area contributed by atoms with Crippen LogP contribution in [-0.2, 0) is 10.1 Å². The monoisotopic (exact) mass is 429 g/mol. The first kappa shape index (κ1) is 20.9. The fraction of sp³-hybridized carbons (Fsp3) is 0. The van der Waals surface area contributed by atoms with E-state index in [1.54, 1.807) is 0 Å². The third-order valence-electron chi connectivity index (χ3n) is 3.94. The van der Waals surface area contributed by atoms with Crippen molar-refractivity contribution in [3.8, 4) is 0 Å². The summed E-state index contributed by atoms with van der Waals surface area (Å²) in [5, 5.41) is 22.2. The van der Waals surface area contributed by atoms with Crippen LogP contribution in [0, 0.1) is 20.2 Å². The molecule has 0 heterocycles. The first-order valence-electron chi connectivity index (χ1n) is 6.91. The van der Waals surface area contributed by atoms with E-state index in [-0.39, 0.29) is 18.0 Å². The first-order chi connectivity index (χ1) is 12.4. The molecule has 1 aliphatic rings. The molecule has 2 aromatic carbocycles. The lowest BCUT2D eigenvalue weighted by atomic mass is 9.82. The van der Waals surface area contributed by atoms with Crippen LogP contribution in [0.1, 0.15) is 31.8 Å². The van der Waals surface area contributed by atoms with Gasteiger partial charge in [-0.1, -0.05) is 0 Å². The summed E-state index contributed by atoms with van der Waals surface area (Å²) in [5.74, 6) is -2.15. The highest BCUT2D eigenvalue weighted by atomic mass is 35.5. The number of anilines is 1. The topological polar surface area (TPSA) is 201 Å². The van der Waals surface area contributed by atoms with Gasteiger partial charge in [-0.05, 0) is 6.07 Å². The number of hydrogen-bond acceptors (Lipinski definition) is 9. The van der Waals surface area contributed by atoms with Crippen LogP contribution in [0.4, 0.5) is 17.1 Å². The maximum absolute atomic E-state index is 12.7. The maximum Gasteiger partial charge on any atom is 0.296 e. The molecule has 28 heavy (non-hydrogen) atoms. The molecule has 0 fully saturated rings. The molecule has 0 atom stereocenters. The van der Waals surface area contributed by atoms with E-state index in [9.17, 15) is 42.8 Å². The molecular weight excluding hydrogens is 422 g/mol. The Morgan fingerprint density at radius 3 is 2.00 bits per heavy atom. The minimum Gasteiger partial charge on any atom is -0.397 e. The highest BCUT2D eigenvalue weighted by Crippen LogP contribution is 2.40. The van der Waals surface area contributed by atoms with Gasteiger partial charge in [-0.3, -0.25) is 34.4 Å². The van der Waals surface area contributed by atoms with Crippen LogP contribution in [0.25, 0.3) is 0 Å². The van der Waals surface area contributed by atoms with Gasteiger partial charge in [0.1, 0.15) is 10.5 Å². The van der Waals surface area contributed by atoms with E-state index in [2.05, 4.69) is 0 Å². The van der Waals surface area contributed by atoms with E-state index in [0.717, 1.165) is 18.2 Å². The maximum atomic E-state index is 12.7. The van der Waals surface area contributed by atoms with E-state index < -0.39 is 70.2 Å². The predicted octanol–water partition coefficient (Wildman–Crippen LogP) is 1.53. The summed E-state index contributed by atoms with van der Waals surface area (Å²) in [6.07, 6.45) is 0. The van der Waals surface area contributed by atoms with E-state index >= 15 is 0 Å². The van der Waals surface area contributed by atoms with Gasteiger partial charge in [0, 0.05) is 29.3 Å². The minimum atomic E-state index is -5.04. The van der Waals surface area contributed by atoms with Crippen LogP contribution < -0.4 is 5.73 Å². The fourth-order valence-electron chi connectivity index (χ4n) is 2.78. The third kappa shape index (κ3) is 2.96. The molecule has 3 N–H and O–H groups in total. The fourth-order valence-corrected chi connectivity index (χ4v) is 3.42. The van der Waals surface area contributed by atoms with Crippen LogP contribution in [-0.4, -0.2) is 34.4 Å².